The molecular weight excluding hydrogens is 394 g/mol. The van der Waals surface area contributed by atoms with Crippen LogP contribution in [-0.4, -0.2) is 45.0 Å². The number of ether oxygens (including phenoxy) is 1. The number of aromatic nitrogens is 4. The molecule has 3 aromatic rings. The van der Waals surface area contributed by atoms with Gasteiger partial charge in [-0.25, -0.2) is 19.3 Å². The first-order valence-corrected chi connectivity index (χ1v) is 9.87. The van der Waals surface area contributed by atoms with Crippen molar-refractivity contribution in [3.05, 3.63) is 36.4 Å². The molecular formula is C20H22F2N6O2. The summed E-state index contributed by atoms with van der Waals surface area (Å²) in [6.45, 7) is 2.65. The van der Waals surface area contributed by atoms with Crippen LogP contribution in [0, 0.1) is 11.6 Å². The van der Waals surface area contributed by atoms with Crippen molar-refractivity contribution >= 4 is 28.6 Å². The summed E-state index contributed by atoms with van der Waals surface area (Å²) in [6, 6.07) is 2.17. The van der Waals surface area contributed by atoms with Gasteiger partial charge in [0.05, 0.1) is 18.1 Å². The van der Waals surface area contributed by atoms with Gasteiger partial charge in [0.15, 0.2) is 23.0 Å². The normalized spacial score (nSPS) is 15.7. The number of H-pyrrole nitrogens is 1. The number of nitrogens with one attached hydrogen (secondary N) is 2. The van der Waals surface area contributed by atoms with E-state index >= 15 is 0 Å². The summed E-state index contributed by atoms with van der Waals surface area (Å²) in [7, 11) is 0. The summed E-state index contributed by atoms with van der Waals surface area (Å²) in [5.41, 5.74) is 1.65. The number of carbonyl (C=O) groups is 1. The maximum atomic E-state index is 14.0. The van der Waals surface area contributed by atoms with Gasteiger partial charge in [-0.1, -0.05) is 6.42 Å². The van der Waals surface area contributed by atoms with Gasteiger partial charge in [-0.05, 0) is 31.9 Å². The van der Waals surface area contributed by atoms with E-state index in [0.717, 1.165) is 24.4 Å². The molecule has 0 unspecified atom stereocenters. The second kappa shape index (κ2) is 8.60. The van der Waals surface area contributed by atoms with E-state index in [9.17, 15) is 13.6 Å². The Bertz CT molecular complexity index is 1060. The number of fused-ring (bicyclic) bond motifs is 2. The molecule has 2 N–H and O–H groups in total. The van der Waals surface area contributed by atoms with Crippen LogP contribution in [0.15, 0.2) is 24.8 Å². The van der Waals surface area contributed by atoms with Crippen LogP contribution < -0.4 is 15.0 Å². The summed E-state index contributed by atoms with van der Waals surface area (Å²) in [5, 5.41) is 3.25. The summed E-state index contributed by atoms with van der Waals surface area (Å²) in [6.07, 6.45) is 5.72. The van der Waals surface area contributed by atoms with Crippen LogP contribution in [0.1, 0.15) is 32.6 Å². The molecule has 158 valence electrons. The quantitative estimate of drug-likeness (QED) is 0.573. The summed E-state index contributed by atoms with van der Waals surface area (Å²) < 4.78 is 32.8. The van der Waals surface area contributed by atoms with Crippen molar-refractivity contribution in [1.82, 2.24) is 19.9 Å². The third-order valence-corrected chi connectivity index (χ3v) is 5.05. The molecule has 10 heteroatoms. The molecule has 1 aliphatic rings. The molecule has 0 aliphatic carbocycles. The molecule has 0 saturated heterocycles. The van der Waals surface area contributed by atoms with E-state index in [4.69, 9.17) is 4.74 Å². The maximum absolute atomic E-state index is 14.0. The number of amides is 1. The number of benzene rings is 1. The smallest absolute Gasteiger partial charge is 0.227 e. The van der Waals surface area contributed by atoms with Crippen molar-refractivity contribution in [2.24, 2.45) is 0 Å². The number of carbonyl (C=O) groups excluding carboxylic acids is 1. The topological polar surface area (TPSA) is 96.0 Å². The highest BCUT2D eigenvalue weighted by molar-refractivity contribution is 5.96. The van der Waals surface area contributed by atoms with Crippen LogP contribution in [0.2, 0.25) is 0 Å². The minimum Gasteiger partial charge on any atom is -0.486 e. The van der Waals surface area contributed by atoms with Gasteiger partial charge in [-0.2, -0.15) is 4.39 Å². The van der Waals surface area contributed by atoms with Crippen molar-refractivity contribution in [2.45, 2.75) is 38.6 Å². The van der Waals surface area contributed by atoms with Crippen LogP contribution in [0.25, 0.3) is 11.2 Å². The van der Waals surface area contributed by atoms with E-state index in [2.05, 4.69) is 25.3 Å². The molecule has 1 aromatic carbocycles. The maximum Gasteiger partial charge on any atom is 0.227 e. The van der Waals surface area contributed by atoms with Gasteiger partial charge in [-0.15, -0.1) is 0 Å². The average Bonchev–Trinajstić information content (AvgIpc) is 3.22. The summed E-state index contributed by atoms with van der Waals surface area (Å²) in [4.78, 5) is 29.6. The molecule has 0 radical (unpaired) electrons. The monoisotopic (exact) mass is 416 g/mol. The number of imidazole rings is 1. The standard InChI is InChI=1S/C20H22F2N6O2/c1-12-9-30-18-14(7-6-13(21)16(18)22)28(12)15(29)5-3-2-4-8-23-19-17-20(25-10-24-17)27-11-26-19/h6-7,10-12H,2-5,8-9H2,1H3,(H2,23,24,25,26,27)/t12-/m1/s1. The number of hydrogen-bond acceptors (Lipinski definition) is 6. The first-order valence-electron chi connectivity index (χ1n) is 9.87. The van der Waals surface area contributed by atoms with E-state index in [-0.39, 0.29) is 30.0 Å². The predicted octanol–water partition coefficient (Wildman–Crippen LogP) is 3.42. The average molecular weight is 416 g/mol. The van der Waals surface area contributed by atoms with E-state index in [0.29, 0.717) is 30.9 Å². The zero-order chi connectivity index (χ0) is 21.1. The molecule has 0 spiro atoms. The lowest BCUT2D eigenvalue weighted by Gasteiger charge is -2.35. The Labute approximate surface area is 171 Å². The molecule has 8 nitrogen and oxygen atoms in total. The molecule has 0 fully saturated rings. The lowest BCUT2D eigenvalue weighted by atomic mass is 10.1. The van der Waals surface area contributed by atoms with Crippen LogP contribution in [0.5, 0.6) is 5.75 Å². The third-order valence-electron chi connectivity index (χ3n) is 5.05. The van der Waals surface area contributed by atoms with E-state index in [1.165, 1.54) is 17.3 Å². The lowest BCUT2D eigenvalue weighted by molar-refractivity contribution is -0.119. The Morgan fingerprint density at radius 1 is 1.27 bits per heavy atom. The van der Waals surface area contributed by atoms with Crippen LogP contribution in [0.3, 0.4) is 0 Å². The highest BCUT2D eigenvalue weighted by atomic mass is 19.2. The molecule has 4 rings (SSSR count). The van der Waals surface area contributed by atoms with Crippen molar-refractivity contribution in [3.63, 3.8) is 0 Å². The van der Waals surface area contributed by atoms with Crippen LogP contribution in [0.4, 0.5) is 20.3 Å². The summed E-state index contributed by atoms with van der Waals surface area (Å²) in [5.74, 6) is -1.66. The van der Waals surface area contributed by atoms with Crippen molar-refractivity contribution in [3.8, 4) is 5.75 Å². The second-order valence-corrected chi connectivity index (χ2v) is 7.19. The predicted molar refractivity (Wildman–Crippen MR) is 107 cm³/mol. The van der Waals surface area contributed by atoms with Gasteiger partial charge in [0.2, 0.25) is 11.7 Å². The minimum absolute atomic E-state index is 0.124. The highest BCUT2D eigenvalue weighted by Gasteiger charge is 2.32. The first kappa shape index (κ1) is 20.0. The molecule has 1 amide bonds. The third kappa shape index (κ3) is 3.89. The SMILES string of the molecule is C[C@@H]1COc2c(ccc(F)c2F)N1C(=O)CCCCCNc1ncnc2nc[nH]c12. The number of anilines is 2. The molecule has 2 aromatic heterocycles. The van der Waals surface area contributed by atoms with Crippen molar-refractivity contribution in [2.75, 3.05) is 23.4 Å². The zero-order valence-corrected chi connectivity index (χ0v) is 16.5. The van der Waals surface area contributed by atoms with Gasteiger partial charge in [0.1, 0.15) is 18.5 Å². The Morgan fingerprint density at radius 3 is 3.00 bits per heavy atom. The second-order valence-electron chi connectivity index (χ2n) is 7.19. The van der Waals surface area contributed by atoms with Gasteiger partial charge in [-0.3, -0.25) is 4.79 Å². The highest BCUT2D eigenvalue weighted by Crippen LogP contribution is 2.37. The van der Waals surface area contributed by atoms with Crippen molar-refractivity contribution < 1.29 is 18.3 Å². The summed E-state index contributed by atoms with van der Waals surface area (Å²) >= 11 is 0. The fraction of sp³-hybridized carbons (Fsp3) is 0.400. The van der Waals surface area contributed by atoms with Gasteiger partial charge in [0.25, 0.3) is 0 Å². The first-order chi connectivity index (χ1) is 14.6. The molecule has 0 saturated carbocycles. The van der Waals surface area contributed by atoms with Crippen molar-refractivity contribution in [1.29, 1.82) is 0 Å². The number of hydrogen-bond donors (Lipinski definition) is 2. The fourth-order valence-electron chi connectivity index (χ4n) is 3.55. The Morgan fingerprint density at radius 2 is 2.13 bits per heavy atom. The molecule has 3 heterocycles. The van der Waals surface area contributed by atoms with Gasteiger partial charge >= 0.3 is 0 Å². The van der Waals surface area contributed by atoms with Gasteiger partial charge < -0.3 is 19.9 Å². The van der Waals surface area contributed by atoms with E-state index in [1.807, 2.05) is 6.92 Å². The lowest BCUT2D eigenvalue weighted by Crippen LogP contribution is -2.45. The Hall–Kier alpha value is -3.30. The van der Waals surface area contributed by atoms with E-state index < -0.39 is 11.6 Å². The molecule has 30 heavy (non-hydrogen) atoms. The van der Waals surface area contributed by atoms with Gasteiger partial charge in [0, 0.05) is 13.0 Å². The minimum atomic E-state index is -1.06. The van der Waals surface area contributed by atoms with Crippen LogP contribution in [-0.2, 0) is 4.79 Å². The number of halogens is 2. The van der Waals surface area contributed by atoms with Crippen LogP contribution >= 0.6 is 0 Å². The number of nitrogens with zero attached hydrogens (tertiary/aromatic N) is 4. The number of aromatic amines is 1. The number of rotatable bonds is 7. The van der Waals surface area contributed by atoms with E-state index in [1.54, 1.807) is 6.33 Å². The largest absolute Gasteiger partial charge is 0.486 e. The Kier molecular flexibility index (Phi) is 5.73. The fourth-order valence-corrected chi connectivity index (χ4v) is 3.55. The molecule has 0 bridgehead atoms. The number of unbranched alkanes of at least 4 members (excludes halogenated alkanes) is 2. The zero-order valence-electron chi connectivity index (χ0n) is 16.5. The molecule has 1 aliphatic heterocycles. The molecule has 1 atom stereocenters. The Balaban J connectivity index is 1.27.